The first-order valence-corrected chi connectivity index (χ1v) is 8.19. The lowest BCUT2D eigenvalue weighted by molar-refractivity contribution is -0.138. The summed E-state index contributed by atoms with van der Waals surface area (Å²) in [6, 6.07) is 14.3. The van der Waals surface area contributed by atoms with Gasteiger partial charge in [0.25, 0.3) is 0 Å². The van der Waals surface area contributed by atoms with Crippen LogP contribution in [0.3, 0.4) is 0 Å². The van der Waals surface area contributed by atoms with Crippen molar-refractivity contribution in [3.05, 3.63) is 64.1 Å². The molecule has 6 heteroatoms. The van der Waals surface area contributed by atoms with Crippen molar-refractivity contribution >= 4 is 27.7 Å². The van der Waals surface area contributed by atoms with Gasteiger partial charge in [-0.05, 0) is 25.2 Å². The molecule has 0 fully saturated rings. The molecule has 24 heavy (non-hydrogen) atoms. The Hall–Kier alpha value is -2.18. The van der Waals surface area contributed by atoms with E-state index in [-0.39, 0.29) is 12.3 Å². The summed E-state index contributed by atoms with van der Waals surface area (Å²) in [7, 11) is 1.70. The molecule has 2 rings (SSSR count). The Labute approximate surface area is 149 Å². The minimum atomic E-state index is -0.888. The van der Waals surface area contributed by atoms with Gasteiger partial charge in [0, 0.05) is 16.6 Å². The molecule has 1 N–H and O–H groups in total. The summed E-state index contributed by atoms with van der Waals surface area (Å²) < 4.78 is 6.50. The Morgan fingerprint density at radius 1 is 1.17 bits per heavy atom. The third-order valence-corrected chi connectivity index (χ3v) is 3.85. The van der Waals surface area contributed by atoms with Gasteiger partial charge in [-0.1, -0.05) is 46.3 Å². The molecule has 0 aromatic heterocycles. The molecule has 0 saturated heterocycles. The number of carbonyl (C=O) groups excluding carboxylic acids is 1. The van der Waals surface area contributed by atoms with Crippen LogP contribution in [0.1, 0.15) is 15.9 Å². The van der Waals surface area contributed by atoms with E-state index < -0.39 is 5.97 Å². The van der Waals surface area contributed by atoms with Crippen LogP contribution < -0.4 is 4.74 Å². The SMILES string of the molecule is CN(CCOc1ccc(Br)cc1C(=O)c1ccccc1)CC(=O)O. The molecule has 0 heterocycles. The van der Waals surface area contributed by atoms with E-state index in [1.165, 1.54) is 0 Å². The molecule has 0 aliphatic rings. The predicted octanol–water partition coefficient (Wildman–Crippen LogP) is 3.08. The van der Waals surface area contributed by atoms with Gasteiger partial charge < -0.3 is 9.84 Å². The first-order chi connectivity index (χ1) is 11.5. The van der Waals surface area contributed by atoms with Crippen LogP contribution in [0.4, 0.5) is 0 Å². The average Bonchev–Trinajstić information content (AvgIpc) is 2.55. The highest BCUT2D eigenvalue weighted by Gasteiger charge is 2.15. The zero-order valence-electron chi connectivity index (χ0n) is 13.2. The molecular formula is C18H18BrNO4. The minimum absolute atomic E-state index is 0.0561. The Balaban J connectivity index is 2.10. The van der Waals surface area contributed by atoms with Crippen molar-refractivity contribution in [2.45, 2.75) is 0 Å². The number of carbonyl (C=O) groups is 2. The van der Waals surface area contributed by atoms with Crippen molar-refractivity contribution in [2.75, 3.05) is 26.7 Å². The highest BCUT2D eigenvalue weighted by molar-refractivity contribution is 9.10. The van der Waals surface area contributed by atoms with Crippen LogP contribution >= 0.6 is 15.9 Å². The van der Waals surface area contributed by atoms with Gasteiger partial charge in [-0.2, -0.15) is 0 Å². The van der Waals surface area contributed by atoms with Crippen LogP contribution in [-0.4, -0.2) is 48.5 Å². The van der Waals surface area contributed by atoms with E-state index in [0.717, 1.165) is 4.47 Å². The first-order valence-electron chi connectivity index (χ1n) is 7.40. The Bertz CT molecular complexity index is 718. The monoisotopic (exact) mass is 391 g/mol. The number of benzene rings is 2. The smallest absolute Gasteiger partial charge is 0.317 e. The van der Waals surface area contributed by atoms with Crippen molar-refractivity contribution in [3.63, 3.8) is 0 Å². The molecule has 0 bridgehead atoms. The highest BCUT2D eigenvalue weighted by atomic mass is 79.9. The summed E-state index contributed by atoms with van der Waals surface area (Å²) in [5.74, 6) is -0.525. The molecule has 0 saturated carbocycles. The third-order valence-electron chi connectivity index (χ3n) is 3.36. The fraction of sp³-hybridized carbons (Fsp3) is 0.222. The molecule has 2 aromatic carbocycles. The Morgan fingerprint density at radius 3 is 2.54 bits per heavy atom. The zero-order valence-corrected chi connectivity index (χ0v) is 14.8. The lowest BCUT2D eigenvalue weighted by Gasteiger charge is -2.16. The second kappa shape index (κ2) is 8.61. The van der Waals surface area contributed by atoms with Crippen molar-refractivity contribution < 1.29 is 19.4 Å². The number of carboxylic acids is 1. The summed E-state index contributed by atoms with van der Waals surface area (Å²) in [6.45, 7) is 0.682. The number of ether oxygens (including phenoxy) is 1. The second-order valence-corrected chi connectivity index (χ2v) is 6.23. The standard InChI is InChI=1S/C18H18BrNO4/c1-20(12-17(21)22)9-10-24-16-8-7-14(19)11-15(16)18(23)13-5-3-2-4-6-13/h2-8,11H,9-10,12H2,1H3,(H,21,22). The molecule has 0 radical (unpaired) electrons. The summed E-state index contributed by atoms with van der Waals surface area (Å²) in [5.41, 5.74) is 1.06. The third kappa shape index (κ3) is 5.18. The largest absolute Gasteiger partial charge is 0.491 e. The van der Waals surface area contributed by atoms with E-state index in [2.05, 4.69) is 15.9 Å². The van der Waals surface area contributed by atoms with E-state index in [1.807, 2.05) is 18.2 Å². The maximum absolute atomic E-state index is 12.7. The van der Waals surface area contributed by atoms with E-state index in [0.29, 0.717) is 30.0 Å². The number of ketones is 1. The molecule has 0 unspecified atom stereocenters. The minimum Gasteiger partial charge on any atom is -0.491 e. The van der Waals surface area contributed by atoms with Gasteiger partial charge in [0.1, 0.15) is 12.4 Å². The van der Waals surface area contributed by atoms with Gasteiger partial charge in [0.15, 0.2) is 5.78 Å². The van der Waals surface area contributed by atoms with Crippen molar-refractivity contribution in [1.29, 1.82) is 0 Å². The quantitative estimate of drug-likeness (QED) is 0.700. The number of nitrogens with zero attached hydrogens (tertiary/aromatic N) is 1. The molecule has 5 nitrogen and oxygen atoms in total. The van der Waals surface area contributed by atoms with Crippen LogP contribution in [0.25, 0.3) is 0 Å². The lowest BCUT2D eigenvalue weighted by atomic mass is 10.0. The molecule has 0 amide bonds. The molecule has 2 aromatic rings. The van der Waals surface area contributed by atoms with E-state index in [4.69, 9.17) is 9.84 Å². The molecule has 126 valence electrons. The molecule has 0 spiro atoms. The summed E-state index contributed by atoms with van der Waals surface area (Å²) >= 11 is 3.37. The normalized spacial score (nSPS) is 10.6. The molecule has 0 atom stereocenters. The lowest BCUT2D eigenvalue weighted by Crippen LogP contribution is -2.29. The van der Waals surface area contributed by atoms with Crippen LogP contribution in [0, 0.1) is 0 Å². The maximum Gasteiger partial charge on any atom is 0.317 e. The number of halogens is 1. The maximum atomic E-state index is 12.7. The van der Waals surface area contributed by atoms with Gasteiger partial charge in [-0.3, -0.25) is 14.5 Å². The van der Waals surface area contributed by atoms with Crippen LogP contribution in [0.2, 0.25) is 0 Å². The predicted molar refractivity (Wildman–Crippen MR) is 94.6 cm³/mol. The van der Waals surface area contributed by atoms with Gasteiger partial charge >= 0.3 is 5.97 Å². The second-order valence-electron chi connectivity index (χ2n) is 5.32. The Kier molecular flexibility index (Phi) is 6.52. The van der Waals surface area contributed by atoms with Crippen molar-refractivity contribution in [3.8, 4) is 5.75 Å². The number of aliphatic carboxylic acids is 1. The molecular weight excluding hydrogens is 374 g/mol. The van der Waals surface area contributed by atoms with Gasteiger partial charge in [-0.15, -0.1) is 0 Å². The highest BCUT2D eigenvalue weighted by Crippen LogP contribution is 2.25. The van der Waals surface area contributed by atoms with Gasteiger partial charge in [-0.25, -0.2) is 0 Å². The van der Waals surface area contributed by atoms with Gasteiger partial charge in [0.2, 0.25) is 0 Å². The molecule has 0 aliphatic heterocycles. The van der Waals surface area contributed by atoms with E-state index in [1.54, 1.807) is 42.3 Å². The van der Waals surface area contributed by atoms with Crippen LogP contribution in [-0.2, 0) is 4.79 Å². The fourth-order valence-corrected chi connectivity index (χ4v) is 2.53. The van der Waals surface area contributed by atoms with Crippen molar-refractivity contribution in [1.82, 2.24) is 4.90 Å². The Morgan fingerprint density at radius 2 is 1.88 bits per heavy atom. The summed E-state index contributed by atoms with van der Waals surface area (Å²) in [4.78, 5) is 25.0. The first kappa shape index (κ1) is 18.2. The number of rotatable bonds is 8. The van der Waals surface area contributed by atoms with Gasteiger partial charge in [0.05, 0.1) is 12.1 Å². The summed E-state index contributed by atoms with van der Waals surface area (Å²) in [5, 5.41) is 8.74. The number of carboxylic acid groups (broad SMARTS) is 1. The fourth-order valence-electron chi connectivity index (χ4n) is 2.17. The number of hydrogen-bond acceptors (Lipinski definition) is 4. The number of likely N-dealkylation sites (N-methyl/N-ethyl adjacent to an activating group) is 1. The number of hydrogen-bond donors (Lipinski definition) is 1. The topological polar surface area (TPSA) is 66.8 Å². The summed E-state index contributed by atoms with van der Waals surface area (Å²) in [6.07, 6.45) is 0. The van der Waals surface area contributed by atoms with E-state index in [9.17, 15) is 9.59 Å². The van der Waals surface area contributed by atoms with Crippen LogP contribution in [0.15, 0.2) is 53.0 Å². The average molecular weight is 392 g/mol. The van der Waals surface area contributed by atoms with E-state index >= 15 is 0 Å². The van der Waals surface area contributed by atoms with Crippen LogP contribution in [0.5, 0.6) is 5.75 Å². The zero-order chi connectivity index (χ0) is 17.5. The molecule has 0 aliphatic carbocycles. The van der Waals surface area contributed by atoms with Crippen molar-refractivity contribution in [2.24, 2.45) is 0 Å².